The fraction of sp³-hybridized carbons (Fsp3) is 0.375. The van der Waals surface area contributed by atoms with Gasteiger partial charge in [0.15, 0.2) is 18.2 Å². The second kappa shape index (κ2) is 10.8. The van der Waals surface area contributed by atoms with Crippen LogP contribution in [-0.2, 0) is 9.53 Å². The van der Waals surface area contributed by atoms with Crippen molar-refractivity contribution in [3.05, 3.63) is 53.3 Å². The molecule has 3 aromatic carbocycles. The van der Waals surface area contributed by atoms with Gasteiger partial charge < -0.3 is 19.5 Å². The molecule has 4 aromatic rings. The number of fused-ring (bicyclic) bond motifs is 4. The van der Waals surface area contributed by atoms with Crippen LogP contribution >= 0.6 is 11.6 Å². The molecule has 0 aliphatic carbocycles. The SMILES string of the molecule is CC(C=O)Oc1nc(N2CC3CCC(C2)N3C(=O)OC(C)(C)C)c2cc(Cl)c(-c3cc(O)cc4ccccc34)c(F)c2n1. The lowest BCUT2D eigenvalue weighted by Crippen LogP contribution is -2.57. The molecule has 11 heteroatoms. The lowest BCUT2D eigenvalue weighted by Gasteiger charge is -2.42. The van der Waals surface area contributed by atoms with Crippen LogP contribution in [0.4, 0.5) is 15.0 Å². The van der Waals surface area contributed by atoms with E-state index in [1.165, 1.54) is 6.07 Å². The third kappa shape index (κ3) is 5.40. The van der Waals surface area contributed by atoms with Crippen molar-refractivity contribution in [3.8, 4) is 22.9 Å². The molecule has 1 amide bonds. The molecule has 6 rings (SSSR count). The summed E-state index contributed by atoms with van der Waals surface area (Å²) >= 11 is 6.81. The Labute approximate surface area is 253 Å². The van der Waals surface area contributed by atoms with Crippen LogP contribution < -0.4 is 9.64 Å². The summed E-state index contributed by atoms with van der Waals surface area (Å²) in [7, 11) is 0. The van der Waals surface area contributed by atoms with Crippen LogP contribution in [0.2, 0.25) is 5.02 Å². The Hall–Kier alpha value is -4.18. The van der Waals surface area contributed by atoms with Gasteiger partial charge in [-0.05, 0) is 75.1 Å². The van der Waals surface area contributed by atoms with Crippen molar-refractivity contribution in [2.45, 2.75) is 64.3 Å². The quantitative estimate of drug-likeness (QED) is 0.257. The number of rotatable bonds is 5. The first-order valence-corrected chi connectivity index (χ1v) is 14.6. The predicted molar refractivity (Wildman–Crippen MR) is 162 cm³/mol. The summed E-state index contributed by atoms with van der Waals surface area (Å²) in [4.78, 5) is 37.2. The lowest BCUT2D eigenvalue weighted by molar-refractivity contribution is -0.113. The Bertz CT molecular complexity index is 1750. The van der Waals surface area contributed by atoms with Crippen LogP contribution in [0, 0.1) is 5.82 Å². The maximum absolute atomic E-state index is 16.6. The summed E-state index contributed by atoms with van der Waals surface area (Å²) in [6.07, 6.45) is 0.969. The number of carbonyl (C=O) groups excluding carboxylic acids is 2. The van der Waals surface area contributed by atoms with Crippen LogP contribution in [0.5, 0.6) is 11.8 Å². The van der Waals surface area contributed by atoms with Crippen LogP contribution in [0.15, 0.2) is 42.5 Å². The normalized spacial score (nSPS) is 19.1. The molecule has 0 radical (unpaired) electrons. The minimum absolute atomic E-state index is 0.0326. The highest BCUT2D eigenvalue weighted by Crippen LogP contribution is 2.43. The molecule has 2 bridgehead atoms. The number of aromatic nitrogens is 2. The first-order chi connectivity index (χ1) is 20.4. The fourth-order valence-corrected chi connectivity index (χ4v) is 6.38. The van der Waals surface area contributed by atoms with E-state index in [1.54, 1.807) is 24.0 Å². The average Bonchev–Trinajstić information content (AvgIpc) is 3.21. The van der Waals surface area contributed by atoms with E-state index in [-0.39, 0.29) is 46.0 Å². The highest BCUT2D eigenvalue weighted by molar-refractivity contribution is 6.35. The summed E-state index contributed by atoms with van der Waals surface area (Å²) in [6.45, 7) is 7.92. The number of anilines is 1. The Morgan fingerprint density at radius 2 is 1.81 bits per heavy atom. The van der Waals surface area contributed by atoms with Gasteiger partial charge in [0.1, 0.15) is 22.7 Å². The molecule has 3 heterocycles. The lowest BCUT2D eigenvalue weighted by atomic mass is 9.96. The zero-order valence-corrected chi connectivity index (χ0v) is 25.1. The third-order valence-corrected chi connectivity index (χ3v) is 8.13. The molecular formula is C32H32ClFN4O5. The van der Waals surface area contributed by atoms with E-state index in [1.807, 2.05) is 49.9 Å². The van der Waals surface area contributed by atoms with Gasteiger partial charge in [-0.1, -0.05) is 35.9 Å². The number of hydrogen-bond acceptors (Lipinski definition) is 8. The molecule has 2 saturated heterocycles. The first kappa shape index (κ1) is 28.9. The van der Waals surface area contributed by atoms with E-state index < -0.39 is 17.5 Å². The number of ether oxygens (including phenoxy) is 2. The Morgan fingerprint density at radius 3 is 2.49 bits per heavy atom. The van der Waals surface area contributed by atoms with Crippen LogP contribution in [0.25, 0.3) is 32.8 Å². The van der Waals surface area contributed by atoms with E-state index in [0.717, 1.165) is 18.2 Å². The highest BCUT2D eigenvalue weighted by Gasteiger charge is 2.45. The topological polar surface area (TPSA) is 105 Å². The van der Waals surface area contributed by atoms with Crippen molar-refractivity contribution in [2.24, 2.45) is 0 Å². The number of nitrogens with zero attached hydrogens (tertiary/aromatic N) is 4. The number of phenols is 1. The maximum Gasteiger partial charge on any atom is 0.410 e. The second-order valence-corrected chi connectivity index (χ2v) is 12.5. The number of phenolic OH excluding ortho intramolecular Hbond substituents is 1. The van der Waals surface area contributed by atoms with Crippen LogP contribution in [-0.4, -0.2) is 69.2 Å². The van der Waals surface area contributed by atoms with E-state index in [0.29, 0.717) is 41.5 Å². The molecule has 0 saturated carbocycles. The minimum Gasteiger partial charge on any atom is -0.508 e. The summed E-state index contributed by atoms with van der Waals surface area (Å²) in [5, 5.41) is 12.4. The zero-order chi connectivity index (χ0) is 30.6. The smallest absolute Gasteiger partial charge is 0.410 e. The molecule has 9 nitrogen and oxygen atoms in total. The maximum atomic E-state index is 16.6. The molecule has 224 valence electrons. The predicted octanol–water partition coefficient (Wildman–Crippen LogP) is 6.50. The number of aromatic hydroxyl groups is 1. The van der Waals surface area contributed by atoms with Gasteiger partial charge in [-0.25, -0.2) is 9.18 Å². The van der Waals surface area contributed by atoms with E-state index in [4.69, 9.17) is 21.1 Å². The van der Waals surface area contributed by atoms with Gasteiger partial charge in [0.2, 0.25) is 0 Å². The van der Waals surface area contributed by atoms with Gasteiger partial charge in [-0.15, -0.1) is 0 Å². The van der Waals surface area contributed by atoms with E-state index in [2.05, 4.69) is 9.97 Å². The van der Waals surface area contributed by atoms with Gasteiger partial charge in [-0.3, -0.25) is 9.69 Å². The summed E-state index contributed by atoms with van der Waals surface area (Å²) in [5.41, 5.74) is -0.167. The number of halogens is 2. The Morgan fingerprint density at radius 1 is 1.12 bits per heavy atom. The van der Waals surface area contributed by atoms with E-state index in [9.17, 15) is 14.7 Å². The zero-order valence-electron chi connectivity index (χ0n) is 24.3. The van der Waals surface area contributed by atoms with Crippen molar-refractivity contribution in [2.75, 3.05) is 18.0 Å². The highest BCUT2D eigenvalue weighted by atomic mass is 35.5. The van der Waals surface area contributed by atoms with Gasteiger partial charge in [0.25, 0.3) is 0 Å². The molecule has 2 aliphatic heterocycles. The van der Waals surface area contributed by atoms with Crippen molar-refractivity contribution in [1.29, 1.82) is 0 Å². The molecule has 1 aromatic heterocycles. The molecule has 3 atom stereocenters. The summed E-state index contributed by atoms with van der Waals surface area (Å²) < 4.78 is 28.0. The van der Waals surface area contributed by atoms with Crippen molar-refractivity contribution >= 4 is 51.5 Å². The Kier molecular flexibility index (Phi) is 7.28. The van der Waals surface area contributed by atoms with Crippen LogP contribution in [0.1, 0.15) is 40.5 Å². The number of aldehydes is 1. The average molecular weight is 607 g/mol. The van der Waals surface area contributed by atoms with Gasteiger partial charge in [0.05, 0.1) is 17.1 Å². The molecular weight excluding hydrogens is 575 g/mol. The summed E-state index contributed by atoms with van der Waals surface area (Å²) in [6, 6.07) is 11.6. The van der Waals surface area contributed by atoms with Crippen molar-refractivity contribution < 1.29 is 28.6 Å². The standard InChI is InChI=1S/C32H32ClFN4O5/c1-17(16-39)42-30-35-28-24(13-25(33)26(27(28)34)23-12-21(40)11-18-7-5-6-8-22(18)23)29(36-30)37-14-19-9-10-20(15-37)38(19)31(41)43-32(2,3)4/h5-8,11-13,16-17,19-20,40H,9-10,14-15H2,1-4H3. The largest absolute Gasteiger partial charge is 0.508 e. The third-order valence-electron chi connectivity index (χ3n) is 7.83. The molecule has 0 spiro atoms. The first-order valence-electron chi connectivity index (χ1n) is 14.2. The number of hydrogen-bond donors (Lipinski definition) is 1. The second-order valence-electron chi connectivity index (χ2n) is 12.1. The van der Waals surface area contributed by atoms with Crippen molar-refractivity contribution in [1.82, 2.24) is 14.9 Å². The molecule has 2 aliphatic rings. The number of amides is 1. The number of piperazine rings is 1. The van der Waals surface area contributed by atoms with E-state index >= 15 is 4.39 Å². The monoisotopic (exact) mass is 606 g/mol. The molecule has 1 N–H and O–H groups in total. The molecule has 3 unspecified atom stereocenters. The minimum atomic E-state index is -0.865. The molecule has 2 fully saturated rings. The number of benzene rings is 3. The van der Waals surface area contributed by atoms with Crippen molar-refractivity contribution in [3.63, 3.8) is 0 Å². The Balaban J connectivity index is 1.48. The summed E-state index contributed by atoms with van der Waals surface area (Å²) in [5.74, 6) is -0.345. The fourth-order valence-electron chi connectivity index (χ4n) is 6.08. The molecule has 43 heavy (non-hydrogen) atoms. The van der Waals surface area contributed by atoms with Gasteiger partial charge >= 0.3 is 12.1 Å². The van der Waals surface area contributed by atoms with Gasteiger partial charge in [0, 0.05) is 24.0 Å². The number of carbonyl (C=O) groups is 2. The van der Waals surface area contributed by atoms with Gasteiger partial charge in [-0.2, -0.15) is 9.97 Å². The van der Waals surface area contributed by atoms with Crippen LogP contribution in [0.3, 0.4) is 0 Å².